The molecule has 2 aromatic rings. The lowest BCUT2D eigenvalue weighted by Gasteiger charge is -2.20. The zero-order valence-corrected chi connectivity index (χ0v) is 20.4. The van der Waals surface area contributed by atoms with Crippen molar-refractivity contribution in [2.75, 3.05) is 19.5 Å². The van der Waals surface area contributed by atoms with Gasteiger partial charge in [0.1, 0.15) is 24.7 Å². The van der Waals surface area contributed by atoms with Crippen LogP contribution in [-0.4, -0.2) is 54.2 Å². The molecule has 0 saturated heterocycles. The summed E-state index contributed by atoms with van der Waals surface area (Å²) in [5, 5.41) is 13.3. The molecule has 4 rings (SSSR count). The summed E-state index contributed by atoms with van der Waals surface area (Å²) in [6.07, 6.45) is 2.52. The first-order valence-electron chi connectivity index (χ1n) is 10.2. The molecule has 1 N–H and O–H groups in total. The smallest absolute Gasteiger partial charge is 0.283 e. The van der Waals surface area contributed by atoms with Crippen LogP contribution in [0.25, 0.3) is 6.08 Å². The van der Waals surface area contributed by atoms with Crippen molar-refractivity contribution in [2.24, 2.45) is 10.1 Å². The van der Waals surface area contributed by atoms with Crippen molar-refractivity contribution in [2.45, 2.75) is 13.8 Å². The summed E-state index contributed by atoms with van der Waals surface area (Å²) in [7, 11) is -3.57. The Balaban J connectivity index is 1.38. The van der Waals surface area contributed by atoms with E-state index in [1.807, 2.05) is 26.0 Å². The molecule has 0 saturated carbocycles. The normalized spacial score (nSPS) is 16.9. The van der Waals surface area contributed by atoms with Crippen LogP contribution in [0.4, 0.5) is 0 Å². The average Bonchev–Trinajstić information content (AvgIpc) is 3.21. The molecule has 2 aliphatic heterocycles. The second-order valence-corrected chi connectivity index (χ2v) is 10.8. The van der Waals surface area contributed by atoms with Crippen LogP contribution in [-0.2, 0) is 14.6 Å². The zero-order valence-electron chi connectivity index (χ0n) is 18.7. The van der Waals surface area contributed by atoms with Gasteiger partial charge < -0.3 is 9.47 Å². The summed E-state index contributed by atoms with van der Waals surface area (Å²) in [5.74, 6) is 0.601. The molecule has 0 spiro atoms. The van der Waals surface area contributed by atoms with Crippen LogP contribution in [0.3, 0.4) is 0 Å². The molecule has 1 amide bonds. The zero-order chi connectivity index (χ0) is 24.5. The lowest BCUT2D eigenvalue weighted by Crippen LogP contribution is -2.35. The monoisotopic (exact) mass is 498 g/mol. The summed E-state index contributed by atoms with van der Waals surface area (Å²) in [6.45, 7) is 4.79. The molecule has 34 heavy (non-hydrogen) atoms. The fraction of sp³-hybridized carbons (Fsp3) is 0.217. The summed E-state index contributed by atoms with van der Waals surface area (Å²) < 4.78 is 34.8. The molecule has 0 aliphatic carbocycles. The van der Waals surface area contributed by atoms with Crippen LogP contribution in [0.2, 0.25) is 0 Å². The first-order valence-corrected chi connectivity index (χ1v) is 13.0. The van der Waals surface area contributed by atoms with Crippen LogP contribution in [0.5, 0.6) is 11.5 Å². The Bertz CT molecular complexity index is 1360. The maximum atomic E-state index is 12.4. The Morgan fingerprint density at radius 1 is 1.09 bits per heavy atom. The molecule has 0 atom stereocenters. The fourth-order valence-corrected chi connectivity index (χ4v) is 4.91. The molecule has 0 aromatic heterocycles. The number of benzene rings is 2. The van der Waals surface area contributed by atoms with Gasteiger partial charge in [-0.2, -0.15) is 10.0 Å². The molecular formula is C23H22N4O5S2. The number of fused-ring (bicyclic) bond motifs is 1. The molecule has 0 radical (unpaired) electrons. The van der Waals surface area contributed by atoms with Crippen molar-refractivity contribution in [1.29, 1.82) is 5.41 Å². The fourth-order valence-electron chi connectivity index (χ4n) is 3.22. The highest BCUT2D eigenvalue weighted by atomic mass is 32.3. The Hall–Kier alpha value is -3.44. The van der Waals surface area contributed by atoms with Crippen molar-refractivity contribution < 1.29 is 22.7 Å². The van der Waals surface area contributed by atoms with E-state index in [4.69, 9.17) is 14.9 Å². The number of nitrogens with zero attached hydrogens (tertiary/aromatic N) is 3. The summed E-state index contributed by atoms with van der Waals surface area (Å²) >= 11 is 0.751. The standard InChI is InChI=1S/C23H22N4O5S2/c1-14-4-9-19(15(2)12-14)32-11-10-31-17-7-5-16(6-8-17)13-18-20(24)27-22(25-21(18)28)33-23(26-27)34(3,29)30/h4-9,12-13,24H,10-11H2,1-3H3/b18-13-,24-20?. The van der Waals surface area contributed by atoms with Crippen molar-refractivity contribution in [3.8, 4) is 11.5 Å². The van der Waals surface area contributed by atoms with Gasteiger partial charge in [-0.3, -0.25) is 10.2 Å². The molecular weight excluding hydrogens is 476 g/mol. The highest BCUT2D eigenvalue weighted by molar-refractivity contribution is 8.42. The van der Waals surface area contributed by atoms with Gasteiger partial charge in [-0.15, -0.1) is 5.10 Å². The molecule has 0 fully saturated rings. The van der Waals surface area contributed by atoms with Crippen molar-refractivity contribution in [3.05, 3.63) is 64.7 Å². The van der Waals surface area contributed by atoms with E-state index >= 15 is 0 Å². The van der Waals surface area contributed by atoms with Gasteiger partial charge in [0.2, 0.25) is 19.4 Å². The van der Waals surface area contributed by atoms with E-state index in [2.05, 4.69) is 16.2 Å². The topological polar surface area (TPSA) is 121 Å². The van der Waals surface area contributed by atoms with Gasteiger partial charge >= 0.3 is 0 Å². The number of aliphatic imine (C=N–C) groups is 1. The number of hydrogen-bond acceptors (Lipinski definition) is 8. The Kier molecular flexibility index (Phi) is 6.58. The number of amidine groups is 2. The molecule has 9 nitrogen and oxygen atoms in total. The van der Waals surface area contributed by atoms with Gasteiger partial charge in [0.05, 0.1) is 5.57 Å². The van der Waals surface area contributed by atoms with Crippen LogP contribution < -0.4 is 9.47 Å². The van der Waals surface area contributed by atoms with E-state index in [0.29, 0.717) is 24.5 Å². The summed E-state index contributed by atoms with van der Waals surface area (Å²) in [5.41, 5.74) is 2.92. The Labute approximate surface area is 201 Å². The predicted octanol–water partition coefficient (Wildman–Crippen LogP) is 3.38. The minimum atomic E-state index is -3.57. The van der Waals surface area contributed by atoms with E-state index in [1.165, 1.54) is 11.6 Å². The molecule has 176 valence electrons. The van der Waals surface area contributed by atoms with E-state index in [-0.39, 0.29) is 21.0 Å². The molecule has 0 unspecified atom stereocenters. The lowest BCUT2D eigenvalue weighted by atomic mass is 10.1. The number of hydrogen-bond donors (Lipinski definition) is 1. The third kappa shape index (κ3) is 5.20. The first kappa shape index (κ1) is 23.7. The van der Waals surface area contributed by atoms with Crippen LogP contribution >= 0.6 is 11.8 Å². The van der Waals surface area contributed by atoms with Gasteiger partial charge in [-0.1, -0.05) is 29.8 Å². The Morgan fingerprint density at radius 3 is 2.47 bits per heavy atom. The summed E-state index contributed by atoms with van der Waals surface area (Å²) in [6, 6.07) is 13.0. The highest BCUT2D eigenvalue weighted by Gasteiger charge is 2.38. The molecule has 11 heteroatoms. The second-order valence-electron chi connectivity index (χ2n) is 7.69. The number of ether oxygens (including phenoxy) is 2. The summed E-state index contributed by atoms with van der Waals surface area (Å²) in [4.78, 5) is 16.3. The minimum Gasteiger partial charge on any atom is -0.490 e. The lowest BCUT2D eigenvalue weighted by molar-refractivity contribution is -0.114. The number of amides is 1. The van der Waals surface area contributed by atoms with Crippen molar-refractivity contribution in [1.82, 2.24) is 5.01 Å². The largest absolute Gasteiger partial charge is 0.490 e. The minimum absolute atomic E-state index is 0.0124. The highest BCUT2D eigenvalue weighted by Crippen LogP contribution is 2.30. The average molecular weight is 499 g/mol. The number of aryl methyl sites for hydroxylation is 2. The van der Waals surface area contributed by atoms with Gasteiger partial charge in [0.25, 0.3) is 5.91 Å². The van der Waals surface area contributed by atoms with E-state index in [1.54, 1.807) is 24.3 Å². The number of nitrogens with one attached hydrogen (secondary N) is 1. The quantitative estimate of drug-likeness (QED) is 0.479. The second kappa shape index (κ2) is 9.43. The molecule has 2 aromatic carbocycles. The number of thioether (sulfide) groups is 1. The van der Waals surface area contributed by atoms with Crippen LogP contribution in [0.1, 0.15) is 16.7 Å². The molecule has 2 heterocycles. The van der Waals surface area contributed by atoms with Crippen molar-refractivity contribution >= 4 is 49.0 Å². The first-order chi connectivity index (χ1) is 16.1. The van der Waals surface area contributed by atoms with E-state index in [9.17, 15) is 13.2 Å². The van der Waals surface area contributed by atoms with Crippen molar-refractivity contribution in [3.63, 3.8) is 0 Å². The maximum Gasteiger partial charge on any atom is 0.283 e. The van der Waals surface area contributed by atoms with Crippen LogP contribution in [0, 0.1) is 19.3 Å². The molecule has 2 aliphatic rings. The number of sulfone groups is 1. The van der Waals surface area contributed by atoms with Gasteiger partial charge in [-0.25, -0.2) is 8.42 Å². The number of carbonyl (C=O) groups is 1. The van der Waals surface area contributed by atoms with Gasteiger partial charge in [-0.05, 0) is 61.0 Å². The number of carbonyl (C=O) groups excluding carboxylic acids is 1. The third-order valence-corrected chi connectivity index (χ3v) is 7.46. The van der Waals surface area contributed by atoms with E-state index in [0.717, 1.165) is 34.3 Å². The van der Waals surface area contributed by atoms with Gasteiger partial charge in [0.15, 0.2) is 5.84 Å². The third-order valence-electron chi connectivity index (χ3n) is 4.88. The van der Waals surface area contributed by atoms with Gasteiger partial charge in [0, 0.05) is 6.26 Å². The molecule has 0 bridgehead atoms. The number of rotatable bonds is 6. The predicted molar refractivity (Wildman–Crippen MR) is 133 cm³/mol. The Morgan fingerprint density at radius 2 is 1.79 bits per heavy atom. The SMILES string of the molecule is Cc1ccc(OCCOc2ccc(/C=C3/C(=N)N4N=C(S(C)(=O)=O)SC4=NC3=O)cc2)c(C)c1. The van der Waals surface area contributed by atoms with Crippen LogP contribution in [0.15, 0.2) is 58.1 Å². The maximum absolute atomic E-state index is 12.4. The number of hydrazone groups is 1. The van der Waals surface area contributed by atoms with E-state index < -0.39 is 15.7 Å².